The van der Waals surface area contributed by atoms with E-state index >= 15 is 0 Å². The fourth-order valence-corrected chi connectivity index (χ4v) is 21.1. The number of hydrogen-bond donors (Lipinski definition) is 0. The van der Waals surface area contributed by atoms with Gasteiger partial charge in [0.15, 0.2) is 0 Å². The number of fused-ring (bicyclic) bond motifs is 9. The highest BCUT2D eigenvalue weighted by atomic mass is 15.2. The lowest BCUT2D eigenvalue weighted by Gasteiger charge is -2.57. The fraction of sp³-hybridized carbons (Fsp3) is 0.486. The molecule has 77 heavy (non-hydrogen) atoms. The lowest BCUT2D eigenvalue weighted by molar-refractivity contribution is -0.00527. The van der Waals surface area contributed by atoms with E-state index in [9.17, 15) is 0 Å². The summed E-state index contributed by atoms with van der Waals surface area (Å²) in [7, 11) is 0. The van der Waals surface area contributed by atoms with Gasteiger partial charge in [-0.25, -0.2) is 0 Å². The van der Waals surface area contributed by atoms with E-state index in [4.69, 9.17) is 0 Å². The summed E-state index contributed by atoms with van der Waals surface area (Å²) in [5.74, 6) is 5.43. The van der Waals surface area contributed by atoms with Crippen LogP contribution in [0.5, 0.6) is 0 Å². The van der Waals surface area contributed by atoms with Crippen LogP contribution in [0.15, 0.2) is 109 Å². The van der Waals surface area contributed by atoms with Gasteiger partial charge in [-0.2, -0.15) is 0 Å². The number of allylic oxidation sites excluding steroid dienone is 1. The topological polar surface area (TPSA) is 8.17 Å². The van der Waals surface area contributed by atoms with Crippen LogP contribution in [-0.2, 0) is 32.5 Å². The van der Waals surface area contributed by atoms with Crippen LogP contribution in [0.4, 0.5) is 11.4 Å². The second-order valence-corrected chi connectivity index (χ2v) is 31.3. The predicted molar refractivity (Wildman–Crippen MR) is 324 cm³/mol. The van der Waals surface area contributed by atoms with Crippen LogP contribution < -0.4 is 10.4 Å². The molecule has 0 atom stereocenters. The van der Waals surface area contributed by atoms with Crippen molar-refractivity contribution in [2.45, 2.75) is 192 Å². The van der Waals surface area contributed by atoms with E-state index in [0.717, 1.165) is 35.5 Å². The van der Waals surface area contributed by atoms with E-state index in [1.54, 1.807) is 27.6 Å². The molecule has 8 fully saturated rings. The van der Waals surface area contributed by atoms with Crippen molar-refractivity contribution in [1.82, 2.24) is 4.48 Å². The molecule has 0 amide bonds. The Morgan fingerprint density at radius 3 is 1.70 bits per heavy atom. The fourth-order valence-electron chi connectivity index (χ4n) is 21.1. The Kier molecular flexibility index (Phi) is 9.04. The van der Waals surface area contributed by atoms with Gasteiger partial charge in [0.05, 0.1) is 5.69 Å². The molecule has 2 nitrogen and oxygen atoms in total. The van der Waals surface area contributed by atoms with Crippen LogP contribution in [0.2, 0.25) is 0 Å². The summed E-state index contributed by atoms with van der Waals surface area (Å²) in [6, 6.07) is 43.6. The third-order valence-electron chi connectivity index (χ3n) is 24.1. The van der Waals surface area contributed by atoms with Crippen LogP contribution in [0.25, 0.3) is 49.5 Å². The van der Waals surface area contributed by atoms with Crippen molar-refractivity contribution in [1.29, 1.82) is 0 Å². The second kappa shape index (κ2) is 14.9. The normalized spacial score (nSPS) is 30.8. The van der Waals surface area contributed by atoms with Crippen molar-refractivity contribution in [2.24, 2.45) is 35.5 Å². The van der Waals surface area contributed by atoms with Gasteiger partial charge in [0.1, 0.15) is 0 Å². The summed E-state index contributed by atoms with van der Waals surface area (Å²) in [6.45, 7) is 24.9. The summed E-state index contributed by atoms with van der Waals surface area (Å²) in [5, 5.41) is 3.08. The lowest BCUT2D eigenvalue weighted by Crippen LogP contribution is -2.51. The number of benzene rings is 6. The minimum atomic E-state index is -0.300. The SMILES string of the molecule is Cc1cc2c3c(c1)N(c1ccc(C(C)(C)C)cc1-c1ccccc1)C1=C(B3n3c4ccc(C56CC7CC(CC(C7)C5)C6)cc4c4cc(C56CC7CC(CC(C7)C5)C6)cc-2c43)c2cc3c(cc2C1(C)C)C(C)(C)CCC3(C)C. The molecule has 3 heteroatoms. The minimum absolute atomic E-state index is 0.00194. The van der Waals surface area contributed by atoms with Crippen molar-refractivity contribution in [2.75, 3.05) is 4.90 Å². The first-order chi connectivity index (χ1) is 36.8. The Bertz CT molecular complexity index is 3730. The summed E-state index contributed by atoms with van der Waals surface area (Å²) in [4.78, 5) is 2.85. The molecule has 390 valence electrons. The lowest BCUT2D eigenvalue weighted by atomic mass is 9.43. The van der Waals surface area contributed by atoms with Crippen molar-refractivity contribution in [3.63, 3.8) is 0 Å². The first-order valence-electron chi connectivity index (χ1n) is 31.0. The maximum absolute atomic E-state index is 2.97. The Morgan fingerprint density at radius 1 is 0.506 bits per heavy atom. The summed E-state index contributed by atoms with van der Waals surface area (Å²) in [6.07, 6.45) is 19.7. The average molecular weight is 1010 g/mol. The zero-order valence-corrected chi connectivity index (χ0v) is 48.2. The molecule has 12 aliphatic rings. The van der Waals surface area contributed by atoms with Gasteiger partial charge >= 0.3 is 6.85 Å². The monoisotopic (exact) mass is 1010 g/mol. The van der Waals surface area contributed by atoms with Gasteiger partial charge in [-0.3, -0.25) is 0 Å². The second-order valence-electron chi connectivity index (χ2n) is 31.3. The van der Waals surface area contributed by atoms with E-state index in [2.05, 4.69) is 182 Å². The Morgan fingerprint density at radius 2 is 1.09 bits per heavy atom. The zero-order valence-electron chi connectivity index (χ0n) is 48.2. The zero-order chi connectivity index (χ0) is 52.2. The number of aromatic nitrogens is 1. The Balaban J connectivity index is 0.999. The number of rotatable bonds is 4. The standard InChI is InChI=1S/C74H81BN2/c1-42-22-55-57-33-52(74-39-46-27-47(40-74)29-48(28-46)41-74)32-56-54-31-51(73-36-43-24-44(37-73)26-45(25-43)38-73)17-19-63(54)77(67(56)57)75-65(55)64(23-42)76(62-18-16-50(69(2,3)4)30-53(62)49-14-12-11-13-15-49)68-66(75)58-34-60-61(35-59(58)72(68,9)10)71(7,8)21-20-70(60,5)6/h11-19,22-23,30-35,43-48H,20-21,24-29,36-41H2,1-10H3. The molecule has 3 heterocycles. The van der Waals surface area contributed by atoms with E-state index in [0.29, 0.717) is 5.41 Å². The van der Waals surface area contributed by atoms with E-state index < -0.39 is 0 Å². The van der Waals surface area contributed by atoms with E-state index in [1.807, 2.05) is 0 Å². The molecule has 0 spiro atoms. The molecular formula is C74H81BN2. The summed E-state index contributed by atoms with van der Waals surface area (Å²) < 4.78 is 2.97. The van der Waals surface area contributed by atoms with Crippen molar-refractivity contribution >= 4 is 51.0 Å². The predicted octanol–water partition coefficient (Wildman–Crippen LogP) is 18.5. The molecule has 0 saturated heterocycles. The average Bonchev–Trinajstić information content (AvgIpc) is 3.92. The first kappa shape index (κ1) is 46.6. The van der Waals surface area contributed by atoms with Crippen molar-refractivity contribution in [3.8, 4) is 22.3 Å². The summed E-state index contributed by atoms with van der Waals surface area (Å²) >= 11 is 0. The van der Waals surface area contributed by atoms with Gasteiger partial charge in [0.2, 0.25) is 0 Å². The molecule has 0 unspecified atom stereocenters. The van der Waals surface area contributed by atoms with Gasteiger partial charge < -0.3 is 9.38 Å². The Labute approximate surface area is 460 Å². The molecular weight excluding hydrogens is 928 g/mol. The molecule has 19 rings (SSSR count). The molecule has 2 aliphatic heterocycles. The molecule has 10 aliphatic carbocycles. The maximum atomic E-state index is 2.97. The molecule has 8 bridgehead atoms. The molecule has 8 saturated carbocycles. The molecule has 0 radical (unpaired) electrons. The van der Waals surface area contributed by atoms with Gasteiger partial charge in [0, 0.05) is 49.7 Å². The molecule has 6 aromatic carbocycles. The largest absolute Gasteiger partial charge is 0.375 e. The smallest absolute Gasteiger partial charge is 0.333 e. The van der Waals surface area contributed by atoms with E-state index in [-0.39, 0.29) is 33.9 Å². The number of aryl methyl sites for hydroxylation is 1. The highest BCUT2D eigenvalue weighted by Gasteiger charge is 2.57. The van der Waals surface area contributed by atoms with Crippen LogP contribution in [0.3, 0.4) is 0 Å². The molecule has 7 aromatic rings. The maximum Gasteiger partial charge on any atom is 0.333 e. The van der Waals surface area contributed by atoms with Crippen LogP contribution in [0.1, 0.15) is 197 Å². The van der Waals surface area contributed by atoms with Gasteiger partial charge in [-0.1, -0.05) is 123 Å². The van der Waals surface area contributed by atoms with Gasteiger partial charge in [0.25, 0.3) is 0 Å². The molecule has 0 N–H and O–H groups in total. The van der Waals surface area contributed by atoms with Gasteiger partial charge in [-0.15, -0.1) is 0 Å². The van der Waals surface area contributed by atoms with E-state index in [1.165, 1.54) is 179 Å². The van der Waals surface area contributed by atoms with Crippen LogP contribution in [0, 0.1) is 42.4 Å². The van der Waals surface area contributed by atoms with Crippen LogP contribution in [-0.4, -0.2) is 11.3 Å². The third kappa shape index (κ3) is 6.22. The van der Waals surface area contributed by atoms with Gasteiger partial charge in [-0.05, 0) is 268 Å². The van der Waals surface area contributed by atoms with Crippen molar-refractivity contribution < 1.29 is 0 Å². The number of anilines is 2. The highest BCUT2D eigenvalue weighted by molar-refractivity contribution is 6.93. The van der Waals surface area contributed by atoms with Crippen molar-refractivity contribution in [3.05, 3.63) is 153 Å². The first-order valence-corrected chi connectivity index (χ1v) is 31.0. The quantitative estimate of drug-likeness (QED) is 0.160. The number of hydrogen-bond acceptors (Lipinski definition) is 1. The minimum Gasteiger partial charge on any atom is -0.375 e. The van der Waals surface area contributed by atoms with Crippen LogP contribution >= 0.6 is 0 Å². The third-order valence-corrected chi connectivity index (χ3v) is 24.1. The summed E-state index contributed by atoms with van der Waals surface area (Å²) in [5.41, 5.74) is 28.4. The Hall–Kier alpha value is -5.28. The highest BCUT2D eigenvalue weighted by Crippen LogP contribution is 2.65. The number of nitrogens with zero attached hydrogens (tertiary/aromatic N) is 2. The molecule has 1 aromatic heterocycles.